The van der Waals surface area contributed by atoms with Gasteiger partial charge in [-0.3, -0.25) is 4.79 Å². The smallest absolute Gasteiger partial charge is 0.309 e. The minimum absolute atomic E-state index is 0.187. The lowest BCUT2D eigenvalue weighted by molar-refractivity contribution is -0.139. The van der Waals surface area contributed by atoms with E-state index in [0.29, 0.717) is 6.42 Å². The van der Waals surface area contributed by atoms with Gasteiger partial charge in [-0.25, -0.2) is 0 Å². The molecule has 1 rings (SSSR count). The van der Waals surface area contributed by atoms with Crippen LogP contribution in [0, 0.1) is 0 Å². The molecule has 60 valence electrons. The molecule has 11 heavy (non-hydrogen) atoms. The van der Waals surface area contributed by atoms with Crippen LogP contribution in [0.25, 0.3) is 0 Å². The summed E-state index contributed by atoms with van der Waals surface area (Å²) < 4.78 is 4.52. The quantitative estimate of drug-likeness (QED) is 0.590. The summed E-state index contributed by atoms with van der Waals surface area (Å²) in [4.78, 5) is 10.8. The Kier molecular flexibility index (Phi) is 2.72. The van der Waals surface area contributed by atoms with Gasteiger partial charge in [-0.2, -0.15) is 0 Å². The van der Waals surface area contributed by atoms with Gasteiger partial charge >= 0.3 is 5.97 Å². The Bertz CT molecular complexity index is 206. The molecule has 0 saturated carbocycles. The molecular weight excluding hydrogens is 142 g/mol. The molecule has 0 aromatic rings. The van der Waals surface area contributed by atoms with Crippen molar-refractivity contribution in [3.8, 4) is 0 Å². The fourth-order valence-electron chi connectivity index (χ4n) is 0.880. The molecule has 0 amide bonds. The van der Waals surface area contributed by atoms with Crippen LogP contribution in [0.2, 0.25) is 0 Å². The zero-order chi connectivity index (χ0) is 8.10. The Morgan fingerprint density at radius 2 is 2.64 bits per heavy atom. The van der Waals surface area contributed by atoms with Gasteiger partial charge in [-0.05, 0) is 17.8 Å². The van der Waals surface area contributed by atoms with Crippen molar-refractivity contribution in [3.05, 3.63) is 23.9 Å². The predicted molar refractivity (Wildman–Crippen MR) is 41.9 cm³/mol. The summed E-state index contributed by atoms with van der Waals surface area (Å²) >= 11 is 0. The van der Waals surface area contributed by atoms with E-state index in [9.17, 15) is 4.79 Å². The second-order valence-electron chi connectivity index (χ2n) is 2.32. The van der Waals surface area contributed by atoms with E-state index >= 15 is 0 Å². The van der Waals surface area contributed by atoms with Crippen molar-refractivity contribution >= 4 is 5.97 Å². The summed E-state index contributed by atoms with van der Waals surface area (Å²) in [7, 11) is 1.40. The van der Waals surface area contributed by atoms with Crippen LogP contribution in [0.15, 0.2) is 23.9 Å². The Labute approximate surface area is 65.7 Å². The van der Waals surface area contributed by atoms with Gasteiger partial charge < -0.3 is 10.1 Å². The molecule has 0 radical (unpaired) electrons. The van der Waals surface area contributed by atoms with Crippen LogP contribution in [0.4, 0.5) is 0 Å². The molecule has 1 aliphatic heterocycles. The number of hydrogen-bond donors (Lipinski definition) is 1. The first-order chi connectivity index (χ1) is 5.33. The zero-order valence-corrected chi connectivity index (χ0v) is 6.46. The van der Waals surface area contributed by atoms with Gasteiger partial charge in [-0.15, -0.1) is 0 Å². The van der Waals surface area contributed by atoms with Crippen LogP contribution in [0.5, 0.6) is 0 Å². The van der Waals surface area contributed by atoms with Gasteiger partial charge in [0.15, 0.2) is 0 Å². The molecule has 0 spiro atoms. The van der Waals surface area contributed by atoms with Gasteiger partial charge in [0, 0.05) is 6.54 Å². The third-order valence-corrected chi connectivity index (χ3v) is 1.47. The highest BCUT2D eigenvalue weighted by Crippen LogP contribution is 2.04. The molecule has 0 aliphatic carbocycles. The fraction of sp³-hybridized carbons (Fsp3) is 0.375. The summed E-state index contributed by atoms with van der Waals surface area (Å²) in [5.41, 5.74) is 1.05. The van der Waals surface area contributed by atoms with E-state index in [-0.39, 0.29) is 5.97 Å². The maximum Gasteiger partial charge on any atom is 0.309 e. The van der Waals surface area contributed by atoms with Crippen molar-refractivity contribution in [1.29, 1.82) is 0 Å². The minimum Gasteiger partial charge on any atom is -0.469 e. The monoisotopic (exact) mass is 153 g/mol. The molecular formula is C8H11NO2. The number of hydrogen-bond acceptors (Lipinski definition) is 3. The number of methoxy groups -OCH3 is 1. The Balaban J connectivity index is 2.42. The third kappa shape index (κ3) is 2.45. The standard InChI is InChI=1S/C8H11NO2/c1-11-8(10)5-7-3-2-4-9-6-7/h2-4,9H,5-6H2,1H3. The highest BCUT2D eigenvalue weighted by atomic mass is 16.5. The summed E-state index contributed by atoms with van der Waals surface area (Å²) in [6, 6.07) is 0. The number of ether oxygens (including phenoxy) is 1. The molecule has 0 saturated heterocycles. The number of carbonyl (C=O) groups excluding carboxylic acids is 1. The first kappa shape index (κ1) is 7.85. The number of rotatable bonds is 2. The molecule has 0 atom stereocenters. The number of esters is 1. The highest BCUT2D eigenvalue weighted by molar-refractivity contribution is 5.72. The first-order valence-corrected chi connectivity index (χ1v) is 3.47. The SMILES string of the molecule is COC(=O)CC1=CC=CNC1. The average molecular weight is 153 g/mol. The van der Waals surface area contributed by atoms with E-state index < -0.39 is 0 Å². The Morgan fingerprint density at radius 3 is 3.18 bits per heavy atom. The average Bonchev–Trinajstić information content (AvgIpc) is 2.06. The van der Waals surface area contributed by atoms with Gasteiger partial charge in [0.2, 0.25) is 0 Å². The number of dihydropyridines is 1. The number of allylic oxidation sites excluding steroid dienone is 2. The summed E-state index contributed by atoms with van der Waals surface area (Å²) in [6.07, 6.45) is 6.03. The lowest BCUT2D eigenvalue weighted by Crippen LogP contribution is -2.15. The van der Waals surface area contributed by atoms with Crippen LogP contribution in [-0.2, 0) is 9.53 Å². The molecule has 1 aliphatic rings. The molecule has 0 unspecified atom stereocenters. The molecule has 0 bridgehead atoms. The third-order valence-electron chi connectivity index (χ3n) is 1.47. The van der Waals surface area contributed by atoms with E-state index in [4.69, 9.17) is 0 Å². The molecule has 3 heteroatoms. The van der Waals surface area contributed by atoms with Crippen molar-refractivity contribution in [1.82, 2.24) is 5.32 Å². The van der Waals surface area contributed by atoms with Crippen molar-refractivity contribution in [2.75, 3.05) is 13.7 Å². The van der Waals surface area contributed by atoms with Crippen molar-refractivity contribution < 1.29 is 9.53 Å². The predicted octanol–water partition coefficient (Wildman–Crippen LogP) is 0.593. The van der Waals surface area contributed by atoms with Gasteiger partial charge in [0.05, 0.1) is 13.5 Å². The van der Waals surface area contributed by atoms with E-state index in [1.54, 1.807) is 0 Å². The van der Waals surface area contributed by atoms with Gasteiger partial charge in [0.25, 0.3) is 0 Å². The molecule has 0 aromatic carbocycles. The lowest BCUT2D eigenvalue weighted by Gasteiger charge is -2.08. The maximum absolute atomic E-state index is 10.8. The number of nitrogens with one attached hydrogen (secondary N) is 1. The van der Waals surface area contributed by atoms with Crippen LogP contribution in [0.1, 0.15) is 6.42 Å². The van der Waals surface area contributed by atoms with Crippen molar-refractivity contribution in [2.24, 2.45) is 0 Å². The lowest BCUT2D eigenvalue weighted by atomic mass is 10.1. The van der Waals surface area contributed by atoms with Gasteiger partial charge in [0.1, 0.15) is 0 Å². The molecule has 3 nitrogen and oxygen atoms in total. The van der Waals surface area contributed by atoms with Crippen LogP contribution in [0.3, 0.4) is 0 Å². The molecule has 0 fully saturated rings. The zero-order valence-electron chi connectivity index (χ0n) is 6.46. The second-order valence-corrected chi connectivity index (χ2v) is 2.32. The molecule has 1 heterocycles. The van der Waals surface area contributed by atoms with Crippen LogP contribution < -0.4 is 5.32 Å². The van der Waals surface area contributed by atoms with E-state index in [1.165, 1.54) is 7.11 Å². The summed E-state index contributed by atoms with van der Waals surface area (Å²) in [6.45, 7) is 0.742. The van der Waals surface area contributed by atoms with Crippen LogP contribution in [-0.4, -0.2) is 19.6 Å². The Hall–Kier alpha value is -1.25. The highest BCUT2D eigenvalue weighted by Gasteiger charge is 2.05. The van der Waals surface area contributed by atoms with E-state index in [2.05, 4.69) is 10.1 Å². The van der Waals surface area contributed by atoms with Crippen molar-refractivity contribution in [3.63, 3.8) is 0 Å². The minimum atomic E-state index is -0.187. The number of carbonyl (C=O) groups is 1. The largest absolute Gasteiger partial charge is 0.469 e. The van der Waals surface area contributed by atoms with E-state index in [0.717, 1.165) is 12.1 Å². The topological polar surface area (TPSA) is 38.3 Å². The Morgan fingerprint density at radius 1 is 1.82 bits per heavy atom. The molecule has 0 aromatic heterocycles. The summed E-state index contributed by atoms with van der Waals surface area (Å²) in [5.74, 6) is -0.187. The van der Waals surface area contributed by atoms with Gasteiger partial charge in [-0.1, -0.05) is 6.08 Å². The molecule has 1 N–H and O–H groups in total. The fourth-order valence-corrected chi connectivity index (χ4v) is 0.880. The summed E-state index contributed by atoms with van der Waals surface area (Å²) in [5, 5.41) is 3.01. The van der Waals surface area contributed by atoms with Crippen molar-refractivity contribution in [2.45, 2.75) is 6.42 Å². The normalized spacial score (nSPS) is 15.2. The maximum atomic E-state index is 10.8. The van der Waals surface area contributed by atoms with Crippen LogP contribution >= 0.6 is 0 Å². The first-order valence-electron chi connectivity index (χ1n) is 3.47. The second kappa shape index (κ2) is 3.81. The van der Waals surface area contributed by atoms with E-state index in [1.807, 2.05) is 18.4 Å².